The van der Waals surface area contributed by atoms with Gasteiger partial charge in [0.1, 0.15) is 11.9 Å². The molecule has 0 radical (unpaired) electrons. The third kappa shape index (κ3) is 5.73. The standard InChI is InChI=1S/C21H26O3/c1-3-5-7-12-20(18-10-8-6-9-11-18)24-21(22)23-19-15-13-17(4-2)14-16-19/h6,8-11,13-16,20H,3-5,7,12H2,1-2H3. The molecule has 24 heavy (non-hydrogen) atoms. The number of rotatable bonds is 8. The van der Waals surface area contributed by atoms with E-state index >= 15 is 0 Å². The van der Waals surface area contributed by atoms with Crippen LogP contribution < -0.4 is 4.74 Å². The molecule has 0 aliphatic heterocycles. The maximum Gasteiger partial charge on any atom is 0.514 e. The fourth-order valence-corrected chi connectivity index (χ4v) is 2.57. The third-order valence-corrected chi connectivity index (χ3v) is 4.01. The lowest BCUT2D eigenvalue weighted by Crippen LogP contribution is -2.15. The Morgan fingerprint density at radius 2 is 1.67 bits per heavy atom. The van der Waals surface area contributed by atoms with Crippen molar-refractivity contribution in [2.24, 2.45) is 0 Å². The molecule has 0 aromatic heterocycles. The Kier molecular flexibility index (Phi) is 7.34. The number of ether oxygens (including phenoxy) is 2. The molecule has 0 aliphatic carbocycles. The fraction of sp³-hybridized carbons (Fsp3) is 0.381. The summed E-state index contributed by atoms with van der Waals surface area (Å²) >= 11 is 0. The Bertz CT molecular complexity index is 605. The molecule has 0 N–H and O–H groups in total. The van der Waals surface area contributed by atoms with E-state index in [1.165, 1.54) is 5.56 Å². The minimum absolute atomic E-state index is 0.264. The van der Waals surface area contributed by atoms with E-state index in [1.807, 2.05) is 42.5 Å². The first-order valence-electron chi connectivity index (χ1n) is 8.75. The molecular formula is C21H26O3. The van der Waals surface area contributed by atoms with Crippen LogP contribution >= 0.6 is 0 Å². The van der Waals surface area contributed by atoms with Crippen molar-refractivity contribution in [3.8, 4) is 5.75 Å². The van der Waals surface area contributed by atoms with Crippen LogP contribution in [0.25, 0.3) is 0 Å². The van der Waals surface area contributed by atoms with Gasteiger partial charge >= 0.3 is 6.16 Å². The highest BCUT2D eigenvalue weighted by atomic mass is 16.7. The number of carbonyl (C=O) groups is 1. The summed E-state index contributed by atoms with van der Waals surface area (Å²) in [6, 6.07) is 17.4. The molecule has 0 fully saturated rings. The summed E-state index contributed by atoms with van der Waals surface area (Å²) in [5, 5.41) is 0. The van der Waals surface area contributed by atoms with Gasteiger partial charge in [-0.05, 0) is 42.5 Å². The van der Waals surface area contributed by atoms with Crippen molar-refractivity contribution < 1.29 is 14.3 Å². The Hall–Kier alpha value is -2.29. The van der Waals surface area contributed by atoms with Gasteiger partial charge in [-0.3, -0.25) is 0 Å². The van der Waals surface area contributed by atoms with Crippen molar-refractivity contribution in [3.63, 3.8) is 0 Å². The van der Waals surface area contributed by atoms with Crippen molar-refractivity contribution in [1.29, 1.82) is 0 Å². The lowest BCUT2D eigenvalue weighted by Gasteiger charge is -2.18. The van der Waals surface area contributed by atoms with Crippen LogP contribution in [0, 0.1) is 0 Å². The summed E-state index contributed by atoms with van der Waals surface area (Å²) in [4.78, 5) is 12.1. The normalized spacial score (nSPS) is 11.8. The van der Waals surface area contributed by atoms with Crippen molar-refractivity contribution in [2.45, 2.75) is 52.1 Å². The van der Waals surface area contributed by atoms with Crippen molar-refractivity contribution >= 4 is 6.16 Å². The number of unbranched alkanes of at least 4 members (excludes halogenated alkanes) is 2. The summed E-state index contributed by atoms with van der Waals surface area (Å²) in [5.41, 5.74) is 2.21. The first-order valence-corrected chi connectivity index (χ1v) is 8.75. The molecular weight excluding hydrogens is 300 g/mol. The van der Waals surface area contributed by atoms with Crippen LogP contribution in [0.2, 0.25) is 0 Å². The lowest BCUT2D eigenvalue weighted by atomic mass is 10.0. The number of hydrogen-bond acceptors (Lipinski definition) is 3. The molecule has 0 saturated carbocycles. The van der Waals surface area contributed by atoms with Crippen LogP contribution in [-0.2, 0) is 11.2 Å². The zero-order chi connectivity index (χ0) is 17.2. The molecule has 0 saturated heterocycles. The minimum Gasteiger partial charge on any atom is -0.426 e. The summed E-state index contributed by atoms with van der Waals surface area (Å²) in [6.07, 6.45) is 4.13. The van der Waals surface area contributed by atoms with Gasteiger partial charge in [-0.15, -0.1) is 0 Å². The van der Waals surface area contributed by atoms with Gasteiger partial charge in [-0.25, -0.2) is 4.79 Å². The molecule has 1 unspecified atom stereocenters. The van der Waals surface area contributed by atoms with Crippen LogP contribution in [0.5, 0.6) is 5.75 Å². The minimum atomic E-state index is -0.649. The smallest absolute Gasteiger partial charge is 0.426 e. The fourth-order valence-electron chi connectivity index (χ4n) is 2.57. The van der Waals surface area contributed by atoms with Crippen molar-refractivity contribution in [1.82, 2.24) is 0 Å². The SMILES string of the molecule is CCCCCC(OC(=O)Oc1ccc(CC)cc1)c1ccccc1. The van der Waals surface area contributed by atoms with E-state index < -0.39 is 6.16 Å². The first kappa shape index (κ1) is 18.1. The molecule has 0 bridgehead atoms. The van der Waals surface area contributed by atoms with Gasteiger partial charge in [0.05, 0.1) is 0 Å². The first-order chi connectivity index (χ1) is 11.7. The van der Waals surface area contributed by atoms with E-state index in [9.17, 15) is 4.79 Å². The molecule has 2 rings (SSSR count). The van der Waals surface area contributed by atoms with E-state index in [0.29, 0.717) is 5.75 Å². The highest BCUT2D eigenvalue weighted by Gasteiger charge is 2.18. The maximum absolute atomic E-state index is 12.1. The van der Waals surface area contributed by atoms with E-state index in [0.717, 1.165) is 37.7 Å². The molecule has 0 heterocycles. The second kappa shape index (κ2) is 9.76. The lowest BCUT2D eigenvalue weighted by molar-refractivity contribution is 0.0528. The molecule has 0 amide bonds. The molecule has 3 heteroatoms. The average molecular weight is 326 g/mol. The summed E-state index contributed by atoms with van der Waals surface area (Å²) < 4.78 is 10.9. The maximum atomic E-state index is 12.1. The predicted molar refractivity (Wildman–Crippen MR) is 96.3 cm³/mol. The summed E-state index contributed by atoms with van der Waals surface area (Å²) in [7, 11) is 0. The van der Waals surface area contributed by atoms with E-state index in [2.05, 4.69) is 13.8 Å². The second-order valence-corrected chi connectivity index (χ2v) is 5.86. The number of benzene rings is 2. The number of carbonyl (C=O) groups excluding carboxylic acids is 1. The molecule has 1 atom stereocenters. The van der Waals surface area contributed by atoms with Crippen LogP contribution in [0.3, 0.4) is 0 Å². The molecule has 2 aromatic rings. The molecule has 128 valence electrons. The highest BCUT2D eigenvalue weighted by Crippen LogP contribution is 2.25. The van der Waals surface area contributed by atoms with Gasteiger partial charge in [0.25, 0.3) is 0 Å². The zero-order valence-corrected chi connectivity index (χ0v) is 14.5. The largest absolute Gasteiger partial charge is 0.514 e. The number of aryl methyl sites for hydroxylation is 1. The summed E-state index contributed by atoms with van der Waals surface area (Å²) in [5.74, 6) is 0.512. The Labute approximate surface area is 144 Å². The molecule has 2 aromatic carbocycles. The Balaban J connectivity index is 1.97. The van der Waals surface area contributed by atoms with Gasteiger partial charge in [0.2, 0.25) is 0 Å². The Morgan fingerprint density at radius 3 is 2.29 bits per heavy atom. The van der Waals surface area contributed by atoms with E-state index in [4.69, 9.17) is 9.47 Å². The van der Waals surface area contributed by atoms with Crippen molar-refractivity contribution in [3.05, 3.63) is 65.7 Å². The predicted octanol–water partition coefficient (Wildman–Crippen LogP) is 6.09. The zero-order valence-electron chi connectivity index (χ0n) is 14.5. The van der Waals surface area contributed by atoms with E-state index in [1.54, 1.807) is 12.1 Å². The van der Waals surface area contributed by atoms with Crippen LogP contribution in [0.1, 0.15) is 56.8 Å². The van der Waals surface area contributed by atoms with Gasteiger partial charge in [-0.1, -0.05) is 69.2 Å². The summed E-state index contributed by atoms with van der Waals surface area (Å²) in [6.45, 7) is 4.25. The van der Waals surface area contributed by atoms with Crippen molar-refractivity contribution in [2.75, 3.05) is 0 Å². The molecule has 3 nitrogen and oxygen atoms in total. The molecule has 0 spiro atoms. The van der Waals surface area contributed by atoms with Gasteiger partial charge in [0.15, 0.2) is 0 Å². The topological polar surface area (TPSA) is 35.5 Å². The van der Waals surface area contributed by atoms with Gasteiger partial charge < -0.3 is 9.47 Å². The highest BCUT2D eigenvalue weighted by molar-refractivity contribution is 5.64. The molecule has 0 aliphatic rings. The quantitative estimate of drug-likeness (QED) is 0.335. The van der Waals surface area contributed by atoms with Gasteiger partial charge in [0, 0.05) is 0 Å². The van der Waals surface area contributed by atoms with Crippen LogP contribution in [-0.4, -0.2) is 6.16 Å². The van der Waals surface area contributed by atoms with Crippen LogP contribution in [0.4, 0.5) is 4.79 Å². The van der Waals surface area contributed by atoms with Crippen LogP contribution in [0.15, 0.2) is 54.6 Å². The third-order valence-electron chi connectivity index (χ3n) is 4.01. The van der Waals surface area contributed by atoms with E-state index in [-0.39, 0.29) is 6.10 Å². The number of hydrogen-bond donors (Lipinski definition) is 0. The average Bonchev–Trinajstić information content (AvgIpc) is 2.62. The second-order valence-electron chi connectivity index (χ2n) is 5.86. The monoisotopic (exact) mass is 326 g/mol. The Morgan fingerprint density at radius 1 is 0.958 bits per heavy atom. The van der Waals surface area contributed by atoms with Gasteiger partial charge in [-0.2, -0.15) is 0 Å².